The number of rotatable bonds is 0. The normalized spacial score (nSPS) is 12.5. The topological polar surface area (TPSA) is 22.0 Å². The molecule has 1 aromatic heterocycles. The first-order valence-corrected chi connectivity index (χ1v) is 6.88. The second kappa shape index (κ2) is 3.83. The molecule has 4 rings (SSSR count). The van der Waals surface area contributed by atoms with E-state index in [1.165, 1.54) is 21.9 Å². The van der Waals surface area contributed by atoms with Crippen LogP contribution < -0.4 is 5.56 Å². The number of aryl methyl sites for hydroxylation is 1. The van der Waals surface area contributed by atoms with Gasteiger partial charge in [0.2, 0.25) is 0 Å². The first-order valence-electron chi connectivity index (χ1n) is 6.88. The fourth-order valence-corrected chi connectivity index (χ4v) is 3.08. The van der Waals surface area contributed by atoms with Crippen LogP contribution in [0.4, 0.5) is 0 Å². The Bertz CT molecular complexity index is 919. The van der Waals surface area contributed by atoms with E-state index in [4.69, 9.17) is 0 Å². The van der Waals surface area contributed by atoms with E-state index in [2.05, 4.69) is 42.5 Å². The molecule has 0 aliphatic carbocycles. The van der Waals surface area contributed by atoms with E-state index in [0.717, 1.165) is 16.8 Å². The van der Waals surface area contributed by atoms with Gasteiger partial charge in [-0.3, -0.25) is 4.79 Å². The van der Waals surface area contributed by atoms with Crippen LogP contribution in [0.5, 0.6) is 0 Å². The molecule has 0 radical (unpaired) electrons. The van der Waals surface area contributed by atoms with Gasteiger partial charge in [-0.25, -0.2) is 0 Å². The summed E-state index contributed by atoms with van der Waals surface area (Å²) in [5.41, 5.74) is 5.56. The lowest BCUT2D eigenvalue weighted by Crippen LogP contribution is -2.22. The molecule has 1 aliphatic rings. The number of hydrogen-bond acceptors (Lipinski definition) is 1. The van der Waals surface area contributed by atoms with Crippen LogP contribution in [0.15, 0.2) is 47.3 Å². The van der Waals surface area contributed by atoms with Crippen molar-refractivity contribution in [3.8, 4) is 11.3 Å². The molecule has 2 aromatic carbocycles. The van der Waals surface area contributed by atoms with Crippen LogP contribution in [0.3, 0.4) is 0 Å². The molecule has 0 atom stereocenters. The zero-order chi connectivity index (χ0) is 13.9. The van der Waals surface area contributed by atoms with Crippen LogP contribution in [0.25, 0.3) is 22.0 Å². The van der Waals surface area contributed by atoms with Gasteiger partial charge in [-0.15, -0.1) is 0 Å². The molecule has 1 aliphatic heterocycles. The summed E-state index contributed by atoms with van der Waals surface area (Å²) < 4.78 is 1.89. The maximum absolute atomic E-state index is 12.4. The Kier molecular flexibility index (Phi) is 2.19. The second-order valence-corrected chi connectivity index (χ2v) is 5.59. The summed E-state index contributed by atoms with van der Waals surface area (Å²) in [6, 6.07) is 14.9. The summed E-state index contributed by atoms with van der Waals surface area (Å²) in [4.78, 5) is 12.4. The molecule has 0 unspecified atom stereocenters. The number of hydrogen-bond donors (Lipinski definition) is 0. The zero-order valence-corrected chi connectivity index (χ0v) is 11.6. The highest BCUT2D eigenvalue weighted by molar-refractivity contribution is 5.89. The Hall–Kier alpha value is -2.35. The largest absolute Gasteiger partial charge is 0.304 e. The van der Waals surface area contributed by atoms with Gasteiger partial charge < -0.3 is 4.57 Å². The highest BCUT2D eigenvalue weighted by atomic mass is 16.1. The van der Waals surface area contributed by atoms with Crippen molar-refractivity contribution in [3.63, 3.8) is 0 Å². The molecular formula is C18H15NO. The number of aromatic nitrogens is 1. The molecule has 0 amide bonds. The highest BCUT2D eigenvalue weighted by Crippen LogP contribution is 2.34. The standard InChI is InChI=1S/C18H15NO/c1-11-7-17-16-9-14-6-4-3-5-13(14)8-15(16)10-19(17)18(20)12(11)2/h3-9H,10H2,1-2H3. The smallest absolute Gasteiger partial charge is 0.254 e. The number of fused-ring (bicyclic) bond motifs is 4. The first kappa shape index (κ1) is 11.5. The van der Waals surface area contributed by atoms with E-state index in [1.54, 1.807) is 0 Å². The predicted molar refractivity (Wildman–Crippen MR) is 82.2 cm³/mol. The molecule has 98 valence electrons. The quantitative estimate of drug-likeness (QED) is 0.473. The Morgan fingerprint density at radius 3 is 2.45 bits per heavy atom. The molecule has 0 bridgehead atoms. The molecule has 0 saturated carbocycles. The van der Waals surface area contributed by atoms with Crippen LogP contribution >= 0.6 is 0 Å². The van der Waals surface area contributed by atoms with Gasteiger partial charge in [-0.05, 0) is 53.9 Å². The molecule has 3 aromatic rings. The summed E-state index contributed by atoms with van der Waals surface area (Å²) in [5.74, 6) is 0. The fraction of sp³-hybridized carbons (Fsp3) is 0.167. The minimum atomic E-state index is 0.139. The predicted octanol–water partition coefficient (Wildman–Crippen LogP) is 3.65. The van der Waals surface area contributed by atoms with Crippen molar-refractivity contribution >= 4 is 10.8 Å². The summed E-state index contributed by atoms with van der Waals surface area (Å²) in [5, 5.41) is 2.46. The monoisotopic (exact) mass is 261 g/mol. The molecule has 20 heavy (non-hydrogen) atoms. The molecular weight excluding hydrogens is 246 g/mol. The second-order valence-electron chi connectivity index (χ2n) is 5.59. The Labute approximate surface area is 117 Å². The minimum Gasteiger partial charge on any atom is -0.304 e. The zero-order valence-electron chi connectivity index (χ0n) is 11.6. The van der Waals surface area contributed by atoms with Gasteiger partial charge in [0.15, 0.2) is 0 Å². The van der Waals surface area contributed by atoms with Gasteiger partial charge in [-0.2, -0.15) is 0 Å². The van der Waals surface area contributed by atoms with Gasteiger partial charge in [0.25, 0.3) is 5.56 Å². The SMILES string of the molecule is Cc1cc2n(c(=O)c1C)Cc1cc3ccccc3cc1-2. The van der Waals surface area contributed by atoms with Crippen molar-refractivity contribution in [3.05, 3.63) is 69.5 Å². The summed E-state index contributed by atoms with van der Waals surface area (Å²) in [6.07, 6.45) is 0. The van der Waals surface area contributed by atoms with Crippen LogP contribution in [-0.4, -0.2) is 4.57 Å². The van der Waals surface area contributed by atoms with Crippen molar-refractivity contribution in [1.29, 1.82) is 0 Å². The van der Waals surface area contributed by atoms with Crippen molar-refractivity contribution in [2.75, 3.05) is 0 Å². The molecule has 2 heteroatoms. The Morgan fingerprint density at radius 2 is 1.70 bits per heavy atom. The van der Waals surface area contributed by atoms with Crippen molar-refractivity contribution in [1.82, 2.24) is 4.57 Å². The molecule has 0 spiro atoms. The fourth-order valence-electron chi connectivity index (χ4n) is 3.08. The van der Waals surface area contributed by atoms with Gasteiger partial charge in [0, 0.05) is 11.1 Å². The molecule has 0 saturated heterocycles. The third kappa shape index (κ3) is 1.42. The van der Waals surface area contributed by atoms with Gasteiger partial charge in [0.05, 0.1) is 12.2 Å². The maximum atomic E-state index is 12.4. The van der Waals surface area contributed by atoms with E-state index >= 15 is 0 Å². The average molecular weight is 261 g/mol. The Balaban J connectivity index is 2.08. The Morgan fingerprint density at radius 1 is 1.00 bits per heavy atom. The van der Waals surface area contributed by atoms with Crippen LogP contribution in [0.1, 0.15) is 16.7 Å². The van der Waals surface area contributed by atoms with Crippen molar-refractivity contribution in [2.45, 2.75) is 20.4 Å². The van der Waals surface area contributed by atoms with Gasteiger partial charge in [0.1, 0.15) is 0 Å². The van der Waals surface area contributed by atoms with Crippen LogP contribution in [0.2, 0.25) is 0 Å². The molecule has 2 heterocycles. The summed E-state index contributed by atoms with van der Waals surface area (Å²) in [7, 11) is 0. The number of benzene rings is 2. The van der Waals surface area contributed by atoms with Crippen LogP contribution in [0, 0.1) is 13.8 Å². The van der Waals surface area contributed by atoms with E-state index in [0.29, 0.717) is 6.54 Å². The van der Waals surface area contributed by atoms with E-state index in [-0.39, 0.29) is 5.56 Å². The summed E-state index contributed by atoms with van der Waals surface area (Å²) >= 11 is 0. The minimum absolute atomic E-state index is 0.139. The van der Waals surface area contributed by atoms with Crippen molar-refractivity contribution < 1.29 is 0 Å². The van der Waals surface area contributed by atoms with Gasteiger partial charge >= 0.3 is 0 Å². The van der Waals surface area contributed by atoms with E-state index in [1.807, 2.05) is 18.4 Å². The van der Waals surface area contributed by atoms with E-state index in [9.17, 15) is 4.79 Å². The lowest BCUT2D eigenvalue weighted by molar-refractivity contribution is 0.792. The molecule has 0 fully saturated rings. The molecule has 0 N–H and O–H groups in total. The maximum Gasteiger partial charge on any atom is 0.254 e. The summed E-state index contributed by atoms with van der Waals surface area (Å²) in [6.45, 7) is 4.61. The lowest BCUT2D eigenvalue weighted by Gasteiger charge is -2.07. The molecule has 2 nitrogen and oxygen atoms in total. The third-order valence-electron chi connectivity index (χ3n) is 4.38. The van der Waals surface area contributed by atoms with Gasteiger partial charge in [-0.1, -0.05) is 24.3 Å². The number of pyridine rings is 1. The van der Waals surface area contributed by atoms with Crippen molar-refractivity contribution in [2.24, 2.45) is 0 Å². The first-order chi connectivity index (χ1) is 9.65. The van der Waals surface area contributed by atoms with Crippen LogP contribution in [-0.2, 0) is 6.54 Å². The highest BCUT2D eigenvalue weighted by Gasteiger charge is 2.21. The lowest BCUT2D eigenvalue weighted by atomic mass is 10.0. The number of nitrogens with zero attached hydrogens (tertiary/aromatic N) is 1. The average Bonchev–Trinajstić information content (AvgIpc) is 2.80. The van der Waals surface area contributed by atoms with E-state index < -0.39 is 0 Å². The third-order valence-corrected chi connectivity index (χ3v) is 4.38.